The molecule has 25 heavy (non-hydrogen) atoms. The summed E-state index contributed by atoms with van der Waals surface area (Å²) in [7, 11) is 0. The van der Waals surface area contributed by atoms with Gasteiger partial charge in [0, 0.05) is 32.0 Å². The lowest BCUT2D eigenvalue weighted by Crippen LogP contribution is -2.42. The molecule has 1 spiro atoms. The molecule has 138 valence electrons. The van der Waals surface area contributed by atoms with E-state index in [-0.39, 0.29) is 17.5 Å². The van der Waals surface area contributed by atoms with Crippen LogP contribution in [-0.2, 0) is 24.6 Å². The predicted octanol–water partition coefficient (Wildman–Crippen LogP) is 4.61. The molecule has 0 saturated carbocycles. The van der Waals surface area contributed by atoms with Crippen molar-refractivity contribution < 1.29 is 19.0 Å². The maximum absolute atomic E-state index is 12.5. The van der Waals surface area contributed by atoms with Crippen LogP contribution < -0.4 is 0 Å². The van der Waals surface area contributed by atoms with Crippen molar-refractivity contribution in [2.24, 2.45) is 0 Å². The molecule has 0 radical (unpaired) electrons. The summed E-state index contributed by atoms with van der Waals surface area (Å²) in [5.74, 6) is 0.0460. The van der Waals surface area contributed by atoms with Gasteiger partial charge in [-0.25, -0.2) is 0 Å². The third-order valence-electron chi connectivity index (χ3n) is 5.26. The fourth-order valence-corrected chi connectivity index (χ4v) is 4.36. The molecule has 1 fully saturated rings. The summed E-state index contributed by atoms with van der Waals surface area (Å²) < 4.78 is 17.3. The highest BCUT2D eigenvalue weighted by molar-refractivity contribution is 9.09. The van der Waals surface area contributed by atoms with Crippen molar-refractivity contribution in [3.63, 3.8) is 0 Å². The normalized spacial score (nSPS) is 23.1. The summed E-state index contributed by atoms with van der Waals surface area (Å²) in [6.45, 7) is 6.84. The highest BCUT2D eigenvalue weighted by Gasteiger charge is 2.43. The molecule has 2 atom stereocenters. The zero-order chi connectivity index (χ0) is 17.9. The second kappa shape index (κ2) is 8.19. The van der Waals surface area contributed by atoms with Crippen LogP contribution in [0.15, 0.2) is 18.2 Å². The van der Waals surface area contributed by atoms with E-state index in [2.05, 4.69) is 35.8 Å². The third kappa shape index (κ3) is 3.79. The standard InChI is InChI=1S/C20H27BrO4/c1-3-4-10-24-19(22)18(21)15-6-5-7-16-17(15)14(2)13-25-20(16)8-11-23-12-9-20/h5-7,14,18H,3-4,8-13H2,1-2H3/t14-,18?/m1/s1. The molecule has 5 heteroatoms. The van der Waals surface area contributed by atoms with Gasteiger partial charge in [-0.1, -0.05) is 54.4 Å². The monoisotopic (exact) mass is 410 g/mol. The highest BCUT2D eigenvalue weighted by Crippen LogP contribution is 2.47. The van der Waals surface area contributed by atoms with Gasteiger partial charge in [0.1, 0.15) is 4.83 Å². The summed E-state index contributed by atoms with van der Waals surface area (Å²) in [5.41, 5.74) is 3.21. The number of unbranched alkanes of at least 4 members (excludes halogenated alkanes) is 1. The van der Waals surface area contributed by atoms with Gasteiger partial charge in [-0.3, -0.25) is 4.79 Å². The number of halogens is 1. The van der Waals surface area contributed by atoms with Gasteiger partial charge >= 0.3 is 5.97 Å². The van der Waals surface area contributed by atoms with Crippen molar-refractivity contribution in [3.05, 3.63) is 34.9 Å². The fourth-order valence-electron chi connectivity index (χ4n) is 3.83. The Bertz CT molecular complexity index is 610. The first-order chi connectivity index (χ1) is 12.1. The van der Waals surface area contributed by atoms with E-state index in [1.807, 2.05) is 12.1 Å². The van der Waals surface area contributed by atoms with Gasteiger partial charge in [0.25, 0.3) is 0 Å². The van der Waals surface area contributed by atoms with Gasteiger partial charge < -0.3 is 14.2 Å². The van der Waals surface area contributed by atoms with Crippen LogP contribution >= 0.6 is 15.9 Å². The number of esters is 1. The maximum Gasteiger partial charge on any atom is 0.324 e. The molecule has 0 aromatic heterocycles. The minimum Gasteiger partial charge on any atom is -0.465 e. The molecule has 2 aliphatic heterocycles. The Kier molecular flexibility index (Phi) is 6.18. The van der Waals surface area contributed by atoms with E-state index >= 15 is 0 Å². The number of alkyl halides is 1. The number of carbonyl (C=O) groups is 1. The molecule has 1 aromatic carbocycles. The summed E-state index contributed by atoms with van der Waals surface area (Å²) in [4.78, 5) is 12.0. The van der Waals surface area contributed by atoms with Gasteiger partial charge in [0.2, 0.25) is 0 Å². The van der Waals surface area contributed by atoms with Crippen molar-refractivity contribution in [2.45, 2.75) is 55.9 Å². The molecular weight excluding hydrogens is 384 g/mol. The lowest BCUT2D eigenvalue weighted by molar-refractivity contribution is -0.143. The van der Waals surface area contributed by atoms with E-state index in [1.165, 1.54) is 11.1 Å². The molecule has 3 rings (SSSR count). The maximum atomic E-state index is 12.5. The molecule has 0 N–H and O–H groups in total. The Labute approximate surface area is 158 Å². The molecule has 0 amide bonds. The van der Waals surface area contributed by atoms with Crippen LogP contribution in [-0.4, -0.2) is 32.4 Å². The van der Waals surface area contributed by atoms with Gasteiger partial charge in [-0.15, -0.1) is 0 Å². The summed E-state index contributed by atoms with van der Waals surface area (Å²) >= 11 is 3.58. The van der Waals surface area contributed by atoms with Crippen LogP contribution in [0.5, 0.6) is 0 Å². The Balaban J connectivity index is 1.91. The summed E-state index contributed by atoms with van der Waals surface area (Å²) in [5, 5.41) is 0. The molecule has 4 nitrogen and oxygen atoms in total. The molecular formula is C20H27BrO4. The second-order valence-corrected chi connectivity index (χ2v) is 7.93. The number of benzene rings is 1. The first-order valence-corrected chi connectivity index (χ1v) is 10.2. The Hall–Kier alpha value is -0.910. The zero-order valence-electron chi connectivity index (χ0n) is 15.1. The fraction of sp³-hybridized carbons (Fsp3) is 0.650. The van der Waals surface area contributed by atoms with E-state index in [0.29, 0.717) is 13.2 Å². The summed E-state index contributed by atoms with van der Waals surface area (Å²) in [6, 6.07) is 6.22. The number of hydrogen-bond donors (Lipinski definition) is 0. The van der Waals surface area contributed by atoms with E-state index in [9.17, 15) is 4.79 Å². The van der Waals surface area contributed by atoms with E-state index in [0.717, 1.165) is 44.5 Å². The zero-order valence-corrected chi connectivity index (χ0v) is 16.6. The summed E-state index contributed by atoms with van der Waals surface area (Å²) in [6.07, 6.45) is 3.64. The highest BCUT2D eigenvalue weighted by atomic mass is 79.9. The number of fused-ring (bicyclic) bond motifs is 2. The SMILES string of the molecule is CCCCOC(=O)C(Br)c1cccc2c1[C@H](C)COC21CCOCC1. The van der Waals surface area contributed by atoms with Crippen LogP contribution in [0.25, 0.3) is 0 Å². The van der Waals surface area contributed by atoms with Crippen molar-refractivity contribution in [1.82, 2.24) is 0 Å². The predicted molar refractivity (Wildman–Crippen MR) is 100 cm³/mol. The molecule has 2 heterocycles. The van der Waals surface area contributed by atoms with Crippen molar-refractivity contribution in [3.8, 4) is 0 Å². The van der Waals surface area contributed by atoms with Crippen molar-refractivity contribution in [2.75, 3.05) is 26.4 Å². The molecule has 1 aromatic rings. The quantitative estimate of drug-likeness (QED) is 0.404. The van der Waals surface area contributed by atoms with Crippen LogP contribution in [0.1, 0.15) is 67.0 Å². The first kappa shape index (κ1) is 18.9. The van der Waals surface area contributed by atoms with Gasteiger partial charge in [-0.2, -0.15) is 0 Å². The lowest BCUT2D eigenvalue weighted by atomic mass is 9.76. The minimum absolute atomic E-state index is 0.207. The second-order valence-electron chi connectivity index (χ2n) is 7.01. The number of carbonyl (C=O) groups excluding carboxylic acids is 1. The molecule has 1 unspecified atom stereocenters. The van der Waals surface area contributed by atoms with Crippen LogP contribution in [0.3, 0.4) is 0 Å². The molecule has 0 bridgehead atoms. The third-order valence-corrected chi connectivity index (χ3v) is 6.12. The van der Waals surface area contributed by atoms with E-state index in [1.54, 1.807) is 0 Å². The molecule has 1 saturated heterocycles. The van der Waals surface area contributed by atoms with Crippen molar-refractivity contribution >= 4 is 21.9 Å². The molecule has 0 aliphatic carbocycles. The van der Waals surface area contributed by atoms with E-state index < -0.39 is 4.83 Å². The average molecular weight is 411 g/mol. The lowest BCUT2D eigenvalue weighted by Gasteiger charge is -2.44. The van der Waals surface area contributed by atoms with Crippen LogP contribution in [0, 0.1) is 0 Å². The minimum atomic E-state index is -0.434. The first-order valence-electron chi connectivity index (χ1n) is 9.25. The number of rotatable bonds is 5. The molecule has 2 aliphatic rings. The average Bonchev–Trinajstić information content (AvgIpc) is 2.65. The smallest absolute Gasteiger partial charge is 0.324 e. The van der Waals surface area contributed by atoms with Crippen molar-refractivity contribution in [1.29, 1.82) is 0 Å². The Morgan fingerprint density at radius 1 is 1.40 bits per heavy atom. The van der Waals surface area contributed by atoms with Crippen LogP contribution in [0.4, 0.5) is 0 Å². The number of ether oxygens (including phenoxy) is 3. The van der Waals surface area contributed by atoms with Gasteiger partial charge in [-0.05, 0) is 23.1 Å². The van der Waals surface area contributed by atoms with E-state index in [4.69, 9.17) is 14.2 Å². The Morgan fingerprint density at radius 3 is 2.88 bits per heavy atom. The van der Waals surface area contributed by atoms with Gasteiger partial charge in [0.05, 0.1) is 18.8 Å². The largest absolute Gasteiger partial charge is 0.465 e. The van der Waals surface area contributed by atoms with Gasteiger partial charge in [0.15, 0.2) is 0 Å². The topological polar surface area (TPSA) is 44.8 Å². The Morgan fingerprint density at radius 2 is 2.16 bits per heavy atom. The number of hydrogen-bond acceptors (Lipinski definition) is 4. The van der Waals surface area contributed by atoms with Crippen LogP contribution in [0.2, 0.25) is 0 Å².